The molecule has 0 unspecified atom stereocenters. The molecule has 0 amide bonds. The van der Waals surface area contributed by atoms with Crippen LogP contribution in [0.2, 0.25) is 0 Å². The van der Waals surface area contributed by atoms with Gasteiger partial charge in [0.2, 0.25) is 0 Å². The van der Waals surface area contributed by atoms with Gasteiger partial charge in [0.15, 0.2) is 6.23 Å². The average Bonchev–Trinajstić information content (AvgIpc) is 2.48. The molecule has 0 saturated carbocycles. The summed E-state index contributed by atoms with van der Waals surface area (Å²) in [5, 5.41) is 31.4. The molecule has 6 nitrogen and oxygen atoms in total. The molecule has 7 heteroatoms. The van der Waals surface area contributed by atoms with Crippen LogP contribution < -0.4 is 4.74 Å². The van der Waals surface area contributed by atoms with E-state index in [0.717, 1.165) is 0 Å². The molecule has 108 valence electrons. The SMILES string of the molecule is O[C@H]1[C@H](O)[C@@H](COc2ccccc2)O[C@H](N=C=S)[C@H]1O. The lowest BCUT2D eigenvalue weighted by Crippen LogP contribution is -2.58. The number of aliphatic hydroxyl groups is 3. The van der Waals surface area contributed by atoms with Crippen LogP contribution in [0.1, 0.15) is 0 Å². The van der Waals surface area contributed by atoms with Crippen molar-refractivity contribution in [1.29, 1.82) is 0 Å². The Labute approximate surface area is 121 Å². The molecule has 0 radical (unpaired) electrons. The monoisotopic (exact) mass is 297 g/mol. The normalized spacial score (nSPS) is 33.2. The topological polar surface area (TPSA) is 91.5 Å². The summed E-state index contributed by atoms with van der Waals surface area (Å²) in [4.78, 5) is 3.62. The zero-order valence-corrected chi connectivity index (χ0v) is 11.3. The van der Waals surface area contributed by atoms with Crippen LogP contribution in [0.3, 0.4) is 0 Å². The van der Waals surface area contributed by atoms with Crippen molar-refractivity contribution in [3.63, 3.8) is 0 Å². The number of rotatable bonds is 4. The molecule has 0 spiro atoms. The molecule has 5 atom stereocenters. The van der Waals surface area contributed by atoms with E-state index in [4.69, 9.17) is 9.47 Å². The second kappa shape index (κ2) is 6.90. The molecule has 1 saturated heterocycles. The quantitative estimate of drug-likeness (QED) is 0.534. The molecule has 1 aromatic carbocycles. The zero-order valence-electron chi connectivity index (χ0n) is 10.5. The third kappa shape index (κ3) is 3.40. The van der Waals surface area contributed by atoms with Gasteiger partial charge in [-0.3, -0.25) is 0 Å². The third-order valence-electron chi connectivity index (χ3n) is 3.02. The molecule has 20 heavy (non-hydrogen) atoms. The second-order valence-corrected chi connectivity index (χ2v) is 4.56. The highest BCUT2D eigenvalue weighted by Crippen LogP contribution is 2.22. The number of aliphatic hydroxyl groups excluding tert-OH is 3. The van der Waals surface area contributed by atoms with E-state index in [9.17, 15) is 15.3 Å². The highest BCUT2D eigenvalue weighted by molar-refractivity contribution is 7.78. The number of nitrogens with zero attached hydrogens (tertiary/aromatic N) is 1. The molecule has 1 aliphatic heterocycles. The first-order valence-corrected chi connectivity index (χ1v) is 6.49. The Morgan fingerprint density at radius 1 is 1.15 bits per heavy atom. The van der Waals surface area contributed by atoms with Gasteiger partial charge in [0, 0.05) is 0 Å². The van der Waals surface area contributed by atoms with Gasteiger partial charge in [0.05, 0.1) is 5.16 Å². The van der Waals surface area contributed by atoms with Gasteiger partial charge in [-0.1, -0.05) is 18.2 Å². The Bertz CT molecular complexity index is 479. The van der Waals surface area contributed by atoms with Crippen LogP contribution in [0.25, 0.3) is 0 Å². The maximum absolute atomic E-state index is 9.87. The Kier molecular flexibility index (Phi) is 5.19. The summed E-state index contributed by atoms with van der Waals surface area (Å²) in [7, 11) is 0. The summed E-state index contributed by atoms with van der Waals surface area (Å²) >= 11 is 4.45. The summed E-state index contributed by atoms with van der Waals surface area (Å²) in [6.45, 7) is 0.0123. The van der Waals surface area contributed by atoms with E-state index in [2.05, 4.69) is 22.4 Å². The first-order chi connectivity index (χ1) is 9.63. The number of hydrogen-bond acceptors (Lipinski definition) is 7. The first kappa shape index (κ1) is 15.1. The lowest BCUT2D eigenvalue weighted by molar-refractivity contribution is -0.224. The minimum Gasteiger partial charge on any atom is -0.491 e. The van der Waals surface area contributed by atoms with Crippen LogP contribution in [-0.2, 0) is 4.74 Å². The molecule has 1 aromatic rings. The highest BCUT2D eigenvalue weighted by Gasteiger charge is 2.43. The summed E-state index contributed by atoms with van der Waals surface area (Å²) in [5.74, 6) is 0.610. The summed E-state index contributed by atoms with van der Waals surface area (Å²) in [6, 6.07) is 8.99. The second-order valence-electron chi connectivity index (χ2n) is 4.38. The maximum atomic E-state index is 9.87. The third-order valence-corrected chi connectivity index (χ3v) is 3.13. The largest absolute Gasteiger partial charge is 0.491 e. The van der Waals surface area contributed by atoms with Crippen molar-refractivity contribution in [2.75, 3.05) is 6.61 Å². The van der Waals surface area contributed by atoms with E-state index in [1.54, 1.807) is 12.1 Å². The van der Waals surface area contributed by atoms with Crippen molar-refractivity contribution in [1.82, 2.24) is 0 Å². The highest BCUT2D eigenvalue weighted by atomic mass is 32.1. The number of hydrogen-bond donors (Lipinski definition) is 3. The van der Waals surface area contributed by atoms with Crippen molar-refractivity contribution in [3.8, 4) is 5.75 Å². The fraction of sp³-hybridized carbons (Fsp3) is 0.462. The van der Waals surface area contributed by atoms with Gasteiger partial charge in [-0.2, -0.15) is 4.99 Å². The van der Waals surface area contributed by atoms with E-state index >= 15 is 0 Å². The standard InChI is InChI=1S/C13H15NO5S/c15-10-9(6-18-8-4-2-1-3-5-8)19-13(14-7-20)12(17)11(10)16/h1-5,9-13,15-17H,6H2/t9-,10-,11+,12+,13+/m1/s1. The molecule has 1 heterocycles. The van der Waals surface area contributed by atoms with Crippen molar-refractivity contribution in [2.24, 2.45) is 4.99 Å². The van der Waals surface area contributed by atoms with Gasteiger partial charge in [-0.15, -0.1) is 0 Å². The van der Waals surface area contributed by atoms with Gasteiger partial charge in [-0.25, -0.2) is 0 Å². The number of ether oxygens (including phenoxy) is 2. The van der Waals surface area contributed by atoms with Crippen molar-refractivity contribution < 1.29 is 24.8 Å². The lowest BCUT2D eigenvalue weighted by atomic mass is 9.98. The van der Waals surface area contributed by atoms with Crippen LogP contribution in [0.15, 0.2) is 35.3 Å². The Balaban J connectivity index is 2.01. The molecular weight excluding hydrogens is 282 g/mol. The van der Waals surface area contributed by atoms with Crippen molar-refractivity contribution >= 4 is 17.4 Å². The van der Waals surface area contributed by atoms with Crippen LogP contribution in [0, 0.1) is 0 Å². The minimum atomic E-state index is -1.38. The number of para-hydroxylation sites is 1. The van der Waals surface area contributed by atoms with Crippen LogP contribution >= 0.6 is 12.2 Å². The van der Waals surface area contributed by atoms with E-state index in [0.29, 0.717) is 5.75 Å². The van der Waals surface area contributed by atoms with E-state index in [1.165, 1.54) is 0 Å². The number of thiocarbonyl (C=S) groups is 1. The van der Waals surface area contributed by atoms with E-state index < -0.39 is 30.6 Å². The summed E-state index contributed by atoms with van der Waals surface area (Å²) in [6.07, 6.45) is -5.90. The Morgan fingerprint density at radius 2 is 1.85 bits per heavy atom. The van der Waals surface area contributed by atoms with Crippen molar-refractivity contribution in [3.05, 3.63) is 30.3 Å². The van der Waals surface area contributed by atoms with Crippen molar-refractivity contribution in [2.45, 2.75) is 30.6 Å². The number of isothiocyanates is 1. The molecule has 1 fully saturated rings. The van der Waals surface area contributed by atoms with Crippen LogP contribution in [-0.4, -0.2) is 57.7 Å². The summed E-state index contributed by atoms with van der Waals surface area (Å²) in [5.41, 5.74) is 0. The number of aliphatic imine (C=N–C) groups is 1. The molecule has 1 aliphatic rings. The predicted molar refractivity (Wildman–Crippen MR) is 73.6 cm³/mol. The van der Waals surface area contributed by atoms with E-state index in [1.807, 2.05) is 18.2 Å². The van der Waals surface area contributed by atoms with Gasteiger partial charge < -0.3 is 24.8 Å². The molecular formula is C13H15NO5S. The van der Waals surface area contributed by atoms with Gasteiger partial charge in [0.25, 0.3) is 0 Å². The minimum absolute atomic E-state index is 0.0123. The molecule has 0 bridgehead atoms. The van der Waals surface area contributed by atoms with Gasteiger partial charge in [-0.05, 0) is 24.4 Å². The fourth-order valence-corrected chi connectivity index (χ4v) is 2.03. The predicted octanol–water partition coefficient (Wildman–Crippen LogP) is -0.0242. The maximum Gasteiger partial charge on any atom is 0.187 e. The van der Waals surface area contributed by atoms with Crippen LogP contribution in [0.5, 0.6) is 5.75 Å². The van der Waals surface area contributed by atoms with E-state index in [-0.39, 0.29) is 6.61 Å². The first-order valence-electron chi connectivity index (χ1n) is 6.08. The Morgan fingerprint density at radius 3 is 2.50 bits per heavy atom. The zero-order chi connectivity index (χ0) is 14.5. The molecule has 0 aromatic heterocycles. The van der Waals surface area contributed by atoms with Crippen LogP contribution in [0.4, 0.5) is 0 Å². The fourth-order valence-electron chi connectivity index (χ4n) is 1.92. The number of benzene rings is 1. The lowest BCUT2D eigenvalue weighted by Gasteiger charge is -2.38. The Hall–Kier alpha value is -1.34. The van der Waals surface area contributed by atoms with Gasteiger partial charge >= 0.3 is 0 Å². The molecule has 2 rings (SSSR count). The summed E-state index contributed by atoms with van der Waals surface area (Å²) < 4.78 is 10.8. The van der Waals surface area contributed by atoms with Gasteiger partial charge in [0.1, 0.15) is 36.8 Å². The smallest absolute Gasteiger partial charge is 0.187 e. The molecule has 0 aliphatic carbocycles. The average molecular weight is 297 g/mol. The molecule has 3 N–H and O–H groups in total.